The molecule has 6 heteroatoms. The number of halogens is 3. The van der Waals surface area contributed by atoms with Gasteiger partial charge in [0.05, 0.1) is 11.3 Å². The molecule has 1 N–H and O–H groups in total. The Balaban J connectivity index is 2.09. The monoisotopic (exact) mass is 281 g/mol. The van der Waals surface area contributed by atoms with Crippen molar-refractivity contribution in [2.24, 2.45) is 0 Å². The van der Waals surface area contributed by atoms with E-state index in [9.17, 15) is 13.2 Å². The van der Waals surface area contributed by atoms with Gasteiger partial charge in [0, 0.05) is 6.04 Å². The van der Waals surface area contributed by atoms with E-state index in [4.69, 9.17) is 0 Å². The van der Waals surface area contributed by atoms with Gasteiger partial charge in [-0.2, -0.15) is 18.3 Å². The fourth-order valence-corrected chi connectivity index (χ4v) is 1.74. The number of aromatic nitrogens is 2. The molecule has 0 unspecified atom stereocenters. The molecule has 106 valence electrons. The summed E-state index contributed by atoms with van der Waals surface area (Å²) in [6.07, 6.45) is -4.31. The molecule has 3 nitrogen and oxygen atoms in total. The summed E-state index contributed by atoms with van der Waals surface area (Å²) >= 11 is 0. The van der Waals surface area contributed by atoms with E-state index in [0.717, 1.165) is 23.4 Å². The Labute approximate surface area is 114 Å². The van der Waals surface area contributed by atoms with Crippen LogP contribution in [0.4, 0.5) is 19.0 Å². The maximum absolute atomic E-state index is 12.5. The Morgan fingerprint density at radius 2 is 1.65 bits per heavy atom. The van der Waals surface area contributed by atoms with Crippen LogP contribution in [-0.4, -0.2) is 10.2 Å². The third kappa shape index (κ3) is 3.46. The van der Waals surface area contributed by atoms with Crippen LogP contribution in [0.25, 0.3) is 0 Å². The third-order valence-corrected chi connectivity index (χ3v) is 2.90. The Kier molecular flexibility index (Phi) is 3.92. The largest absolute Gasteiger partial charge is 0.416 e. The average Bonchev–Trinajstić information content (AvgIpc) is 2.40. The number of benzene rings is 1. The Bertz CT molecular complexity index is 562. The highest BCUT2D eigenvalue weighted by molar-refractivity contribution is 5.38. The molecule has 0 fully saturated rings. The molecular weight excluding hydrogens is 267 g/mol. The summed E-state index contributed by atoms with van der Waals surface area (Å²) in [5.41, 5.74) is 0.904. The summed E-state index contributed by atoms with van der Waals surface area (Å²) in [5.74, 6) is 0.586. The molecular formula is C14H14F3N3. The van der Waals surface area contributed by atoms with Gasteiger partial charge in [0.15, 0.2) is 0 Å². The number of nitrogens with zero attached hydrogens (tertiary/aromatic N) is 2. The topological polar surface area (TPSA) is 37.8 Å². The number of hydrogen-bond acceptors (Lipinski definition) is 3. The fraction of sp³-hybridized carbons (Fsp3) is 0.286. The smallest absolute Gasteiger partial charge is 0.362 e. The van der Waals surface area contributed by atoms with Gasteiger partial charge in [0.2, 0.25) is 0 Å². The number of aryl methyl sites for hydroxylation is 1. The van der Waals surface area contributed by atoms with E-state index >= 15 is 0 Å². The van der Waals surface area contributed by atoms with E-state index < -0.39 is 11.7 Å². The standard InChI is InChI=1S/C14H14F3N3/c1-9-3-8-13(20-19-9)18-10(2)11-4-6-12(7-5-11)14(15,16)17/h3-8,10H,1-2H3,(H,18,20)/t10-/m0/s1. The SMILES string of the molecule is Cc1ccc(N[C@@H](C)c2ccc(C(F)(F)F)cc2)nn1. The van der Waals surface area contributed by atoms with Crippen molar-refractivity contribution in [2.45, 2.75) is 26.1 Å². The number of nitrogens with one attached hydrogen (secondary N) is 1. The van der Waals surface area contributed by atoms with Gasteiger partial charge in [0.1, 0.15) is 5.82 Å². The molecule has 0 aliphatic heterocycles. The second-order valence-electron chi connectivity index (χ2n) is 4.55. The van der Waals surface area contributed by atoms with E-state index in [1.165, 1.54) is 12.1 Å². The first kappa shape index (κ1) is 14.3. The molecule has 1 heterocycles. The zero-order valence-corrected chi connectivity index (χ0v) is 11.1. The van der Waals surface area contributed by atoms with Crippen molar-refractivity contribution in [3.05, 3.63) is 53.2 Å². The highest BCUT2D eigenvalue weighted by atomic mass is 19.4. The molecule has 0 aliphatic carbocycles. The minimum absolute atomic E-state index is 0.158. The number of anilines is 1. The molecule has 0 saturated heterocycles. The minimum atomic E-state index is -4.31. The van der Waals surface area contributed by atoms with Crippen LogP contribution < -0.4 is 5.32 Å². The number of alkyl halides is 3. The maximum Gasteiger partial charge on any atom is 0.416 e. The second kappa shape index (κ2) is 5.48. The summed E-state index contributed by atoms with van der Waals surface area (Å²) in [6, 6.07) is 8.51. The predicted molar refractivity (Wildman–Crippen MR) is 70.3 cm³/mol. The van der Waals surface area contributed by atoms with Crippen LogP contribution in [0.1, 0.15) is 29.8 Å². The van der Waals surface area contributed by atoms with E-state index in [1.54, 1.807) is 6.07 Å². The molecule has 0 amide bonds. The molecule has 1 aromatic carbocycles. The van der Waals surface area contributed by atoms with Gasteiger partial charge >= 0.3 is 6.18 Å². The second-order valence-corrected chi connectivity index (χ2v) is 4.55. The maximum atomic E-state index is 12.5. The number of hydrogen-bond donors (Lipinski definition) is 1. The van der Waals surface area contributed by atoms with E-state index in [0.29, 0.717) is 5.82 Å². The van der Waals surface area contributed by atoms with Gasteiger partial charge in [-0.05, 0) is 43.7 Å². The average molecular weight is 281 g/mol. The van der Waals surface area contributed by atoms with E-state index in [-0.39, 0.29) is 6.04 Å². The molecule has 0 aliphatic rings. The van der Waals surface area contributed by atoms with Crippen LogP contribution in [0.15, 0.2) is 36.4 Å². The highest BCUT2D eigenvalue weighted by Gasteiger charge is 2.30. The lowest BCUT2D eigenvalue weighted by Gasteiger charge is -2.15. The van der Waals surface area contributed by atoms with Crippen molar-refractivity contribution in [3.63, 3.8) is 0 Å². The van der Waals surface area contributed by atoms with Crippen molar-refractivity contribution >= 4 is 5.82 Å². The van der Waals surface area contributed by atoms with Gasteiger partial charge in [-0.15, -0.1) is 5.10 Å². The lowest BCUT2D eigenvalue weighted by Crippen LogP contribution is -2.10. The molecule has 0 bridgehead atoms. The minimum Gasteiger partial charge on any atom is -0.362 e. The summed E-state index contributed by atoms with van der Waals surface area (Å²) in [5, 5.41) is 11.0. The van der Waals surface area contributed by atoms with Crippen LogP contribution in [0.5, 0.6) is 0 Å². The molecule has 2 aromatic rings. The van der Waals surface area contributed by atoms with Crippen molar-refractivity contribution in [1.29, 1.82) is 0 Å². The van der Waals surface area contributed by atoms with Crippen LogP contribution in [0.3, 0.4) is 0 Å². The van der Waals surface area contributed by atoms with Gasteiger partial charge in [-0.1, -0.05) is 12.1 Å². The van der Waals surface area contributed by atoms with Gasteiger partial charge in [-0.25, -0.2) is 0 Å². The van der Waals surface area contributed by atoms with E-state index in [1.807, 2.05) is 19.9 Å². The van der Waals surface area contributed by atoms with E-state index in [2.05, 4.69) is 15.5 Å². The van der Waals surface area contributed by atoms with Crippen molar-refractivity contribution in [2.75, 3.05) is 5.32 Å². The molecule has 1 aromatic heterocycles. The van der Waals surface area contributed by atoms with Crippen molar-refractivity contribution < 1.29 is 13.2 Å². The zero-order chi connectivity index (χ0) is 14.8. The molecule has 2 rings (SSSR count). The summed E-state index contributed by atoms with van der Waals surface area (Å²) in [4.78, 5) is 0. The molecule has 0 radical (unpaired) electrons. The van der Waals surface area contributed by atoms with Crippen molar-refractivity contribution in [3.8, 4) is 0 Å². The third-order valence-electron chi connectivity index (χ3n) is 2.90. The van der Waals surface area contributed by atoms with Gasteiger partial charge < -0.3 is 5.32 Å². The van der Waals surface area contributed by atoms with Gasteiger partial charge in [-0.3, -0.25) is 0 Å². The summed E-state index contributed by atoms with van der Waals surface area (Å²) in [7, 11) is 0. The van der Waals surface area contributed by atoms with Crippen LogP contribution in [0, 0.1) is 6.92 Å². The molecule has 1 atom stereocenters. The first-order valence-corrected chi connectivity index (χ1v) is 6.10. The van der Waals surface area contributed by atoms with Crippen molar-refractivity contribution in [1.82, 2.24) is 10.2 Å². The van der Waals surface area contributed by atoms with Crippen LogP contribution in [-0.2, 0) is 6.18 Å². The summed E-state index contributed by atoms with van der Waals surface area (Å²) < 4.78 is 37.4. The highest BCUT2D eigenvalue weighted by Crippen LogP contribution is 2.30. The quantitative estimate of drug-likeness (QED) is 0.924. The Morgan fingerprint density at radius 1 is 1.00 bits per heavy atom. The van der Waals surface area contributed by atoms with Crippen LogP contribution >= 0.6 is 0 Å². The lowest BCUT2D eigenvalue weighted by atomic mass is 10.1. The Morgan fingerprint density at radius 3 is 2.15 bits per heavy atom. The first-order valence-electron chi connectivity index (χ1n) is 6.10. The number of rotatable bonds is 3. The lowest BCUT2D eigenvalue weighted by molar-refractivity contribution is -0.137. The summed E-state index contributed by atoms with van der Waals surface area (Å²) in [6.45, 7) is 3.68. The normalized spacial score (nSPS) is 13.1. The Hall–Kier alpha value is -2.11. The zero-order valence-electron chi connectivity index (χ0n) is 11.1. The fourth-order valence-electron chi connectivity index (χ4n) is 1.74. The van der Waals surface area contributed by atoms with Crippen LogP contribution in [0.2, 0.25) is 0 Å². The first-order chi connectivity index (χ1) is 9.36. The predicted octanol–water partition coefficient (Wildman–Crippen LogP) is 3.98. The molecule has 0 spiro atoms. The van der Waals surface area contributed by atoms with Gasteiger partial charge in [0.25, 0.3) is 0 Å². The molecule has 0 saturated carbocycles. The molecule has 20 heavy (non-hydrogen) atoms.